The van der Waals surface area contributed by atoms with Crippen LogP contribution in [0.4, 0.5) is 5.69 Å². The summed E-state index contributed by atoms with van der Waals surface area (Å²) in [6.45, 7) is 9.42. The van der Waals surface area contributed by atoms with Gasteiger partial charge in [0.1, 0.15) is 0 Å². The summed E-state index contributed by atoms with van der Waals surface area (Å²) in [6, 6.07) is 9.24. The summed E-state index contributed by atoms with van der Waals surface area (Å²) in [6.07, 6.45) is 6.59. The summed E-state index contributed by atoms with van der Waals surface area (Å²) in [5.74, 6) is 1.81. The Kier molecular flexibility index (Phi) is 5.30. The van der Waals surface area contributed by atoms with E-state index in [1.807, 2.05) is 0 Å². The van der Waals surface area contributed by atoms with E-state index in [1.165, 1.54) is 56.4 Å². The molecule has 0 radical (unpaired) electrons. The molecule has 1 aliphatic heterocycles. The lowest BCUT2D eigenvalue weighted by Gasteiger charge is -2.34. The molecule has 1 fully saturated rings. The number of hydrogen-bond acceptors (Lipinski definition) is 1. The Hall–Kier alpha value is -0.980. The minimum Gasteiger partial charge on any atom is -0.372 e. The van der Waals surface area contributed by atoms with Crippen molar-refractivity contribution in [3.05, 3.63) is 29.8 Å². The number of nitrogens with zero attached hydrogens (tertiary/aromatic N) is 1. The zero-order chi connectivity index (χ0) is 13.7. The Labute approximate surface area is 119 Å². The molecule has 2 rings (SSSR count). The van der Waals surface area contributed by atoms with Crippen LogP contribution in [0, 0.1) is 11.8 Å². The van der Waals surface area contributed by atoms with E-state index in [9.17, 15) is 0 Å². The van der Waals surface area contributed by atoms with Crippen LogP contribution < -0.4 is 4.90 Å². The SMILES string of the molecule is CCCc1ccc(N2CCC(CC(C)C)CC2)cc1. The van der Waals surface area contributed by atoms with Gasteiger partial charge in [-0.2, -0.15) is 0 Å². The first-order chi connectivity index (χ1) is 9.19. The maximum Gasteiger partial charge on any atom is 0.0366 e. The molecule has 1 aliphatic rings. The zero-order valence-corrected chi connectivity index (χ0v) is 12.9. The highest BCUT2D eigenvalue weighted by Crippen LogP contribution is 2.27. The van der Waals surface area contributed by atoms with Gasteiger partial charge in [0.15, 0.2) is 0 Å². The molecule has 0 bridgehead atoms. The number of aryl methyl sites for hydroxylation is 1. The molecule has 1 nitrogen and oxygen atoms in total. The third kappa shape index (κ3) is 4.26. The van der Waals surface area contributed by atoms with Crippen LogP contribution in [0.1, 0.15) is 52.0 Å². The molecule has 0 spiro atoms. The van der Waals surface area contributed by atoms with Crippen molar-refractivity contribution < 1.29 is 0 Å². The molecule has 0 saturated carbocycles. The van der Waals surface area contributed by atoms with E-state index in [0.29, 0.717) is 0 Å². The smallest absolute Gasteiger partial charge is 0.0366 e. The van der Waals surface area contributed by atoms with Crippen LogP contribution in [0.15, 0.2) is 24.3 Å². The number of piperidine rings is 1. The standard InChI is InChI=1S/C18H29N/c1-4-5-16-6-8-18(9-7-16)19-12-10-17(11-13-19)14-15(2)3/h6-9,15,17H,4-5,10-14H2,1-3H3. The van der Waals surface area contributed by atoms with E-state index >= 15 is 0 Å². The molecule has 1 aromatic carbocycles. The van der Waals surface area contributed by atoms with Crippen molar-refractivity contribution in [3.8, 4) is 0 Å². The molecule has 0 atom stereocenters. The van der Waals surface area contributed by atoms with Crippen LogP contribution in [-0.2, 0) is 6.42 Å². The third-order valence-electron chi connectivity index (χ3n) is 4.26. The molecular weight excluding hydrogens is 230 g/mol. The average Bonchev–Trinajstić information content (AvgIpc) is 2.40. The summed E-state index contributed by atoms with van der Waals surface area (Å²) >= 11 is 0. The predicted octanol–water partition coefficient (Wildman–Crippen LogP) is 4.90. The van der Waals surface area contributed by atoms with Crippen molar-refractivity contribution in [2.24, 2.45) is 11.8 Å². The highest BCUT2D eigenvalue weighted by atomic mass is 15.1. The van der Waals surface area contributed by atoms with E-state index in [2.05, 4.69) is 49.9 Å². The fourth-order valence-electron chi connectivity index (χ4n) is 3.26. The Morgan fingerprint density at radius 2 is 1.74 bits per heavy atom. The Bertz CT molecular complexity index is 358. The van der Waals surface area contributed by atoms with Gasteiger partial charge in [-0.3, -0.25) is 0 Å². The molecular formula is C18H29N. The fraction of sp³-hybridized carbons (Fsp3) is 0.667. The summed E-state index contributed by atoms with van der Waals surface area (Å²) < 4.78 is 0. The van der Waals surface area contributed by atoms with Crippen LogP contribution >= 0.6 is 0 Å². The molecule has 1 heterocycles. The van der Waals surface area contributed by atoms with Crippen molar-refractivity contribution in [2.45, 2.75) is 52.9 Å². The Morgan fingerprint density at radius 3 is 2.26 bits per heavy atom. The number of rotatable bonds is 5. The molecule has 106 valence electrons. The number of benzene rings is 1. The second-order valence-corrected chi connectivity index (χ2v) is 6.48. The van der Waals surface area contributed by atoms with Crippen molar-refractivity contribution >= 4 is 5.69 Å². The second kappa shape index (κ2) is 6.98. The van der Waals surface area contributed by atoms with Gasteiger partial charge in [-0.1, -0.05) is 39.3 Å². The maximum atomic E-state index is 2.56. The molecule has 19 heavy (non-hydrogen) atoms. The molecule has 1 saturated heterocycles. The largest absolute Gasteiger partial charge is 0.372 e. The third-order valence-corrected chi connectivity index (χ3v) is 4.26. The minimum atomic E-state index is 0.852. The Balaban J connectivity index is 1.87. The van der Waals surface area contributed by atoms with Gasteiger partial charge in [-0.25, -0.2) is 0 Å². The second-order valence-electron chi connectivity index (χ2n) is 6.48. The Morgan fingerprint density at radius 1 is 1.11 bits per heavy atom. The maximum absolute atomic E-state index is 2.56. The van der Waals surface area contributed by atoms with Gasteiger partial charge in [0.2, 0.25) is 0 Å². The summed E-state index contributed by atoms with van der Waals surface area (Å²) in [4.78, 5) is 2.56. The lowest BCUT2D eigenvalue weighted by atomic mass is 9.88. The number of hydrogen-bond donors (Lipinski definition) is 0. The van der Waals surface area contributed by atoms with E-state index in [-0.39, 0.29) is 0 Å². The fourth-order valence-corrected chi connectivity index (χ4v) is 3.26. The van der Waals surface area contributed by atoms with Gasteiger partial charge >= 0.3 is 0 Å². The first kappa shape index (κ1) is 14.4. The van der Waals surface area contributed by atoms with Crippen LogP contribution in [0.25, 0.3) is 0 Å². The van der Waals surface area contributed by atoms with E-state index in [4.69, 9.17) is 0 Å². The van der Waals surface area contributed by atoms with Crippen molar-refractivity contribution in [1.29, 1.82) is 0 Å². The highest BCUT2D eigenvalue weighted by Gasteiger charge is 2.19. The van der Waals surface area contributed by atoms with Gasteiger partial charge in [0.25, 0.3) is 0 Å². The first-order valence-corrected chi connectivity index (χ1v) is 8.03. The lowest BCUT2D eigenvalue weighted by Crippen LogP contribution is -2.34. The van der Waals surface area contributed by atoms with E-state index in [0.717, 1.165) is 11.8 Å². The van der Waals surface area contributed by atoms with Gasteiger partial charge < -0.3 is 4.90 Å². The zero-order valence-electron chi connectivity index (χ0n) is 12.9. The van der Waals surface area contributed by atoms with Gasteiger partial charge in [0, 0.05) is 18.8 Å². The lowest BCUT2D eigenvalue weighted by molar-refractivity contribution is 0.338. The van der Waals surface area contributed by atoms with Gasteiger partial charge in [-0.05, 0) is 55.2 Å². The van der Waals surface area contributed by atoms with E-state index in [1.54, 1.807) is 0 Å². The van der Waals surface area contributed by atoms with Crippen LogP contribution in [0.3, 0.4) is 0 Å². The highest BCUT2D eigenvalue weighted by molar-refractivity contribution is 5.48. The van der Waals surface area contributed by atoms with Crippen LogP contribution in [-0.4, -0.2) is 13.1 Å². The minimum absolute atomic E-state index is 0.852. The van der Waals surface area contributed by atoms with Gasteiger partial charge in [0.05, 0.1) is 0 Å². The van der Waals surface area contributed by atoms with E-state index < -0.39 is 0 Å². The summed E-state index contributed by atoms with van der Waals surface area (Å²) in [5.41, 5.74) is 2.89. The summed E-state index contributed by atoms with van der Waals surface area (Å²) in [5, 5.41) is 0. The molecule has 1 aromatic rings. The monoisotopic (exact) mass is 259 g/mol. The van der Waals surface area contributed by atoms with Crippen LogP contribution in [0.5, 0.6) is 0 Å². The van der Waals surface area contributed by atoms with Crippen molar-refractivity contribution in [3.63, 3.8) is 0 Å². The molecule has 1 heteroatoms. The molecule has 0 unspecified atom stereocenters. The first-order valence-electron chi connectivity index (χ1n) is 8.03. The molecule has 0 N–H and O–H groups in total. The average molecular weight is 259 g/mol. The molecule has 0 aliphatic carbocycles. The molecule has 0 amide bonds. The normalized spacial score (nSPS) is 17.2. The quantitative estimate of drug-likeness (QED) is 0.727. The van der Waals surface area contributed by atoms with Crippen molar-refractivity contribution in [1.82, 2.24) is 0 Å². The topological polar surface area (TPSA) is 3.24 Å². The van der Waals surface area contributed by atoms with Crippen LogP contribution in [0.2, 0.25) is 0 Å². The number of anilines is 1. The molecule has 0 aromatic heterocycles. The van der Waals surface area contributed by atoms with Crippen molar-refractivity contribution in [2.75, 3.05) is 18.0 Å². The predicted molar refractivity (Wildman–Crippen MR) is 84.8 cm³/mol. The summed E-state index contributed by atoms with van der Waals surface area (Å²) in [7, 11) is 0. The van der Waals surface area contributed by atoms with Gasteiger partial charge in [-0.15, -0.1) is 0 Å².